The molecule has 0 radical (unpaired) electrons. The quantitative estimate of drug-likeness (QED) is 0.275. The van der Waals surface area contributed by atoms with E-state index in [9.17, 15) is 14.4 Å². The van der Waals surface area contributed by atoms with Gasteiger partial charge in [-0.25, -0.2) is 9.97 Å². The molecule has 0 spiro atoms. The van der Waals surface area contributed by atoms with Crippen molar-refractivity contribution in [3.63, 3.8) is 0 Å². The minimum Gasteiger partial charge on any atom is -0.324 e. The van der Waals surface area contributed by atoms with Gasteiger partial charge < -0.3 is 9.79 Å². The molecule has 3 aromatic heterocycles. The molecule has 2 N–H and O–H groups in total. The van der Waals surface area contributed by atoms with Crippen LogP contribution < -0.4 is 0 Å². The molecule has 0 saturated heterocycles. The van der Waals surface area contributed by atoms with Gasteiger partial charge in [0.05, 0.1) is 39.3 Å². The van der Waals surface area contributed by atoms with Crippen LogP contribution in [0, 0.1) is 0 Å². The Balaban J connectivity index is 1.91. The number of rotatable bonds is 2. The molecule has 0 aliphatic carbocycles. The molecule has 27 heavy (non-hydrogen) atoms. The molecule has 0 unspecified atom stereocenters. The summed E-state index contributed by atoms with van der Waals surface area (Å²) in [5.74, 6) is 0. The molecule has 3 heterocycles. The predicted octanol–water partition coefficient (Wildman–Crippen LogP) is 3.56. The van der Waals surface area contributed by atoms with Crippen molar-refractivity contribution in [2.24, 2.45) is 0 Å². The second-order valence-corrected chi connectivity index (χ2v) is 8.01. The van der Waals surface area contributed by atoms with Crippen molar-refractivity contribution in [2.75, 3.05) is 0 Å². The normalized spacial score (nSPS) is 12.4. The summed E-state index contributed by atoms with van der Waals surface area (Å²) in [6.45, 7) is 0. The molecule has 0 atom stereocenters. The number of hydrogen-bond acceptors (Lipinski definition) is 5. The molecular weight excluding hydrogens is 363 g/mol. The molecule has 2 aromatic carbocycles. The van der Waals surface area contributed by atoms with Crippen molar-refractivity contribution in [1.29, 1.82) is 0 Å². The highest BCUT2D eigenvalue weighted by atomic mass is 31.2. The average Bonchev–Trinajstić information content (AvgIpc) is 2.66. The van der Waals surface area contributed by atoms with Gasteiger partial charge >= 0.3 is 7.60 Å². The number of hydrogen-bond donors (Lipinski definition) is 2. The first-order valence-corrected chi connectivity index (χ1v) is 10.1. The number of benzene rings is 2. The molecule has 5 rings (SSSR count). The van der Waals surface area contributed by atoms with E-state index in [-0.39, 0.29) is 6.16 Å². The van der Waals surface area contributed by atoms with E-state index < -0.39 is 7.60 Å². The van der Waals surface area contributed by atoms with Crippen molar-refractivity contribution in [3.8, 4) is 0 Å². The summed E-state index contributed by atoms with van der Waals surface area (Å²) < 4.78 is 11.3. The molecule has 0 bridgehead atoms. The topological polar surface area (TPSA) is 109 Å². The maximum atomic E-state index is 11.3. The summed E-state index contributed by atoms with van der Waals surface area (Å²) >= 11 is 0. The minimum absolute atomic E-state index is 0.327. The van der Waals surface area contributed by atoms with Gasteiger partial charge in [0.2, 0.25) is 0 Å². The van der Waals surface area contributed by atoms with Gasteiger partial charge in [0.15, 0.2) is 0 Å². The van der Waals surface area contributed by atoms with Crippen LogP contribution in [0.5, 0.6) is 0 Å². The van der Waals surface area contributed by atoms with Gasteiger partial charge in [-0.2, -0.15) is 0 Å². The highest BCUT2D eigenvalue weighted by Crippen LogP contribution is 2.39. The van der Waals surface area contributed by atoms with Gasteiger partial charge in [0, 0.05) is 23.2 Å². The van der Waals surface area contributed by atoms with Crippen LogP contribution in [0.3, 0.4) is 0 Å². The molecule has 0 aliphatic rings. The Morgan fingerprint density at radius 1 is 0.778 bits per heavy atom. The first-order chi connectivity index (χ1) is 13.0. The molecule has 5 aromatic rings. The van der Waals surface area contributed by atoms with E-state index in [1.807, 2.05) is 24.3 Å². The van der Waals surface area contributed by atoms with E-state index in [1.165, 1.54) is 0 Å². The number of fused-ring (bicyclic) bond motifs is 7. The lowest BCUT2D eigenvalue weighted by molar-refractivity contribution is 0.372. The van der Waals surface area contributed by atoms with Gasteiger partial charge in [-0.1, -0.05) is 6.07 Å². The fraction of sp³-hybridized carbons (Fsp3) is 0.0526. The van der Waals surface area contributed by atoms with Crippen LogP contribution in [-0.4, -0.2) is 29.7 Å². The third-order valence-corrected chi connectivity index (χ3v) is 5.24. The summed E-state index contributed by atoms with van der Waals surface area (Å²) in [6.07, 6.45) is 3.12. The Hall–Kier alpha value is -2.99. The van der Waals surface area contributed by atoms with E-state index in [0.717, 1.165) is 27.3 Å². The van der Waals surface area contributed by atoms with E-state index in [4.69, 9.17) is 9.97 Å². The average molecular weight is 376 g/mol. The van der Waals surface area contributed by atoms with Gasteiger partial charge in [-0.05, 0) is 42.0 Å². The van der Waals surface area contributed by atoms with Crippen LogP contribution >= 0.6 is 7.60 Å². The van der Waals surface area contributed by atoms with Crippen LogP contribution in [0.15, 0.2) is 54.9 Å². The lowest BCUT2D eigenvalue weighted by Gasteiger charge is -2.09. The van der Waals surface area contributed by atoms with Crippen LogP contribution in [0.25, 0.3) is 43.9 Å². The zero-order valence-electron chi connectivity index (χ0n) is 13.9. The van der Waals surface area contributed by atoms with Crippen LogP contribution in [0.4, 0.5) is 0 Å². The SMILES string of the molecule is O=P(O)(O)Cc1ccc2nc3c4cccnc4c4ncccc4c3nc2c1. The largest absolute Gasteiger partial charge is 0.329 e. The Morgan fingerprint density at radius 2 is 1.37 bits per heavy atom. The zero-order valence-corrected chi connectivity index (χ0v) is 14.8. The van der Waals surface area contributed by atoms with Crippen LogP contribution in [-0.2, 0) is 10.7 Å². The highest BCUT2D eigenvalue weighted by molar-refractivity contribution is 7.50. The smallest absolute Gasteiger partial charge is 0.324 e. The van der Waals surface area contributed by atoms with Crippen molar-refractivity contribution >= 4 is 51.5 Å². The highest BCUT2D eigenvalue weighted by Gasteiger charge is 2.16. The Morgan fingerprint density at radius 3 is 1.96 bits per heavy atom. The summed E-state index contributed by atoms with van der Waals surface area (Å²) in [7, 11) is -4.15. The summed E-state index contributed by atoms with van der Waals surface area (Å²) in [5.41, 5.74) is 4.71. The Kier molecular flexibility index (Phi) is 3.45. The van der Waals surface area contributed by atoms with Crippen molar-refractivity contribution in [3.05, 3.63) is 60.4 Å². The maximum Gasteiger partial charge on any atom is 0.329 e. The van der Waals surface area contributed by atoms with E-state index in [1.54, 1.807) is 30.6 Å². The van der Waals surface area contributed by atoms with E-state index in [2.05, 4.69) is 9.97 Å². The molecule has 0 amide bonds. The maximum absolute atomic E-state index is 11.3. The number of aromatic nitrogens is 4. The van der Waals surface area contributed by atoms with Crippen LogP contribution in [0.2, 0.25) is 0 Å². The first kappa shape index (κ1) is 16.2. The summed E-state index contributed by atoms with van der Waals surface area (Å²) in [6, 6.07) is 12.7. The fourth-order valence-electron chi connectivity index (χ4n) is 3.38. The molecule has 0 aliphatic heterocycles. The Labute approximate surface area is 152 Å². The standard InChI is InChI=1S/C19H13N4O3P/c24-27(25,26)10-11-5-6-14-15(9-11)23-19-13-4-2-8-21-17(13)16-12(18(19)22-14)3-1-7-20-16/h1-9H,10H2,(H2,24,25,26). The van der Waals surface area contributed by atoms with Crippen LogP contribution in [0.1, 0.15) is 5.56 Å². The van der Waals surface area contributed by atoms with Gasteiger partial charge in [0.1, 0.15) is 0 Å². The lowest BCUT2D eigenvalue weighted by Crippen LogP contribution is -1.95. The number of nitrogens with zero attached hydrogens (tertiary/aromatic N) is 4. The second kappa shape index (κ2) is 5.76. The molecule has 0 fully saturated rings. The number of pyridine rings is 2. The molecular formula is C19H13N4O3P. The summed E-state index contributed by atoms with van der Waals surface area (Å²) in [4.78, 5) is 37.0. The van der Waals surface area contributed by atoms with Gasteiger partial charge in [-0.15, -0.1) is 0 Å². The first-order valence-electron chi connectivity index (χ1n) is 8.26. The molecule has 8 heteroatoms. The van der Waals surface area contributed by atoms with E-state index in [0.29, 0.717) is 22.1 Å². The van der Waals surface area contributed by atoms with Crippen molar-refractivity contribution < 1.29 is 14.4 Å². The Bertz CT molecular complexity index is 1410. The molecule has 7 nitrogen and oxygen atoms in total. The monoisotopic (exact) mass is 376 g/mol. The minimum atomic E-state index is -4.15. The van der Waals surface area contributed by atoms with Gasteiger partial charge in [-0.3, -0.25) is 14.5 Å². The summed E-state index contributed by atoms with van der Waals surface area (Å²) in [5, 5.41) is 1.71. The predicted molar refractivity (Wildman–Crippen MR) is 103 cm³/mol. The lowest BCUT2D eigenvalue weighted by atomic mass is 10.1. The van der Waals surface area contributed by atoms with Crippen molar-refractivity contribution in [2.45, 2.75) is 6.16 Å². The zero-order chi connectivity index (χ0) is 18.6. The fourth-order valence-corrected chi connectivity index (χ4v) is 4.05. The van der Waals surface area contributed by atoms with Gasteiger partial charge in [0.25, 0.3) is 0 Å². The third kappa shape index (κ3) is 2.73. The van der Waals surface area contributed by atoms with Crippen molar-refractivity contribution in [1.82, 2.24) is 19.9 Å². The molecule has 0 saturated carbocycles. The molecule has 132 valence electrons. The second-order valence-electron chi connectivity index (χ2n) is 6.37. The van der Waals surface area contributed by atoms with E-state index >= 15 is 0 Å². The third-order valence-electron chi connectivity index (χ3n) is 4.47.